The zero-order valence-electron chi connectivity index (χ0n) is 9.03. The zero-order chi connectivity index (χ0) is 12.0. The minimum atomic E-state index is -0.318. The van der Waals surface area contributed by atoms with Crippen molar-refractivity contribution in [3.05, 3.63) is 34.9 Å². The number of carbonyl (C=O) groups excluding carboxylic acids is 1. The van der Waals surface area contributed by atoms with Crippen molar-refractivity contribution in [3.8, 4) is 0 Å². The van der Waals surface area contributed by atoms with Crippen LogP contribution in [0.3, 0.4) is 0 Å². The fourth-order valence-corrected chi connectivity index (χ4v) is 1.62. The first-order valence-electron chi connectivity index (χ1n) is 5.04. The summed E-state index contributed by atoms with van der Waals surface area (Å²) >= 11 is 6.00. The summed E-state index contributed by atoms with van der Waals surface area (Å²) in [4.78, 5) is 11.3. The standard InChI is InChI=1S/C11H15ClN2O2/c1-8(14-11(16)13-6-7-15)9-4-2-3-5-10(9)12/h2-5,8,15H,6-7H2,1H3,(H2,13,14,16). The van der Waals surface area contributed by atoms with Gasteiger partial charge in [0.25, 0.3) is 0 Å². The van der Waals surface area contributed by atoms with Gasteiger partial charge in [-0.25, -0.2) is 4.79 Å². The van der Waals surface area contributed by atoms with Gasteiger partial charge >= 0.3 is 6.03 Å². The highest BCUT2D eigenvalue weighted by molar-refractivity contribution is 6.31. The second kappa shape index (κ2) is 6.35. The Morgan fingerprint density at radius 3 is 2.81 bits per heavy atom. The fourth-order valence-electron chi connectivity index (χ4n) is 1.32. The maximum Gasteiger partial charge on any atom is 0.315 e. The highest BCUT2D eigenvalue weighted by Crippen LogP contribution is 2.21. The summed E-state index contributed by atoms with van der Waals surface area (Å²) in [6.07, 6.45) is 0. The Hall–Kier alpha value is -1.26. The number of rotatable bonds is 4. The van der Waals surface area contributed by atoms with Crippen LogP contribution < -0.4 is 10.6 Å². The number of nitrogens with one attached hydrogen (secondary N) is 2. The van der Waals surface area contributed by atoms with Crippen molar-refractivity contribution in [1.29, 1.82) is 0 Å². The molecule has 16 heavy (non-hydrogen) atoms. The number of hydrogen-bond donors (Lipinski definition) is 3. The van der Waals surface area contributed by atoms with E-state index in [0.717, 1.165) is 5.56 Å². The van der Waals surface area contributed by atoms with E-state index in [1.54, 1.807) is 6.07 Å². The summed E-state index contributed by atoms with van der Waals surface area (Å²) in [5, 5.41) is 14.4. The van der Waals surface area contributed by atoms with E-state index in [4.69, 9.17) is 16.7 Å². The number of halogens is 1. The van der Waals surface area contributed by atoms with Gasteiger partial charge in [0, 0.05) is 11.6 Å². The monoisotopic (exact) mass is 242 g/mol. The minimum Gasteiger partial charge on any atom is -0.395 e. The topological polar surface area (TPSA) is 61.4 Å². The first-order chi connectivity index (χ1) is 7.65. The van der Waals surface area contributed by atoms with Gasteiger partial charge in [-0.15, -0.1) is 0 Å². The van der Waals surface area contributed by atoms with Gasteiger partial charge in [0.15, 0.2) is 0 Å². The average molecular weight is 243 g/mol. The minimum absolute atomic E-state index is 0.0755. The molecule has 2 amide bonds. The summed E-state index contributed by atoms with van der Waals surface area (Å²) in [6.45, 7) is 2.01. The molecular weight excluding hydrogens is 228 g/mol. The Labute approximate surface area is 99.6 Å². The molecule has 1 atom stereocenters. The average Bonchev–Trinajstić information content (AvgIpc) is 2.26. The third-order valence-corrected chi connectivity index (χ3v) is 2.46. The van der Waals surface area contributed by atoms with Crippen molar-refractivity contribution >= 4 is 17.6 Å². The molecule has 3 N–H and O–H groups in total. The molecule has 0 radical (unpaired) electrons. The van der Waals surface area contributed by atoms with E-state index in [0.29, 0.717) is 5.02 Å². The smallest absolute Gasteiger partial charge is 0.315 e. The third kappa shape index (κ3) is 3.72. The Kier molecular flexibility index (Phi) is 5.08. The molecule has 5 heteroatoms. The normalized spacial score (nSPS) is 11.9. The number of amides is 2. The molecule has 0 aromatic heterocycles. The van der Waals surface area contributed by atoms with Crippen molar-refractivity contribution in [1.82, 2.24) is 10.6 Å². The van der Waals surface area contributed by atoms with Crippen LogP contribution >= 0.6 is 11.6 Å². The van der Waals surface area contributed by atoms with Crippen molar-refractivity contribution in [2.75, 3.05) is 13.2 Å². The first kappa shape index (κ1) is 12.8. The highest BCUT2D eigenvalue weighted by atomic mass is 35.5. The Morgan fingerprint density at radius 1 is 1.50 bits per heavy atom. The van der Waals surface area contributed by atoms with Gasteiger partial charge in [-0.1, -0.05) is 29.8 Å². The number of aliphatic hydroxyl groups is 1. The predicted molar refractivity (Wildman–Crippen MR) is 63.5 cm³/mol. The summed E-state index contributed by atoms with van der Waals surface area (Å²) in [6, 6.07) is 6.85. The van der Waals surface area contributed by atoms with Crippen LogP contribution in [0.1, 0.15) is 18.5 Å². The summed E-state index contributed by atoms with van der Waals surface area (Å²) in [5.41, 5.74) is 0.864. The summed E-state index contributed by atoms with van der Waals surface area (Å²) in [5.74, 6) is 0. The van der Waals surface area contributed by atoms with Crippen LogP contribution in [-0.4, -0.2) is 24.3 Å². The molecule has 0 saturated carbocycles. The maximum atomic E-state index is 11.3. The van der Waals surface area contributed by atoms with E-state index >= 15 is 0 Å². The van der Waals surface area contributed by atoms with Crippen LogP contribution in [0, 0.1) is 0 Å². The molecule has 88 valence electrons. The number of carbonyl (C=O) groups is 1. The van der Waals surface area contributed by atoms with Crippen LogP contribution in [0.4, 0.5) is 4.79 Å². The van der Waals surface area contributed by atoms with E-state index in [9.17, 15) is 4.79 Å². The molecule has 1 unspecified atom stereocenters. The van der Waals surface area contributed by atoms with E-state index in [1.165, 1.54) is 0 Å². The van der Waals surface area contributed by atoms with Crippen LogP contribution in [0.2, 0.25) is 5.02 Å². The molecule has 1 aromatic rings. The maximum absolute atomic E-state index is 11.3. The van der Waals surface area contributed by atoms with Crippen molar-refractivity contribution in [2.45, 2.75) is 13.0 Å². The predicted octanol–water partition coefficient (Wildman–Crippen LogP) is 1.69. The summed E-state index contributed by atoms with van der Waals surface area (Å²) < 4.78 is 0. The van der Waals surface area contributed by atoms with Crippen LogP contribution in [0.15, 0.2) is 24.3 Å². The van der Waals surface area contributed by atoms with E-state index in [1.807, 2.05) is 25.1 Å². The van der Waals surface area contributed by atoms with Gasteiger partial charge in [0.2, 0.25) is 0 Å². The fraction of sp³-hybridized carbons (Fsp3) is 0.364. The molecular formula is C11H15ClN2O2. The van der Waals surface area contributed by atoms with Crippen LogP contribution in [0.5, 0.6) is 0 Å². The molecule has 4 nitrogen and oxygen atoms in total. The van der Waals surface area contributed by atoms with Gasteiger partial charge in [-0.2, -0.15) is 0 Å². The second-order valence-corrected chi connectivity index (χ2v) is 3.77. The SMILES string of the molecule is CC(NC(=O)NCCO)c1ccccc1Cl. The first-order valence-corrected chi connectivity index (χ1v) is 5.42. The largest absolute Gasteiger partial charge is 0.395 e. The quantitative estimate of drug-likeness (QED) is 0.753. The number of hydrogen-bond acceptors (Lipinski definition) is 2. The molecule has 0 fully saturated rings. The van der Waals surface area contributed by atoms with E-state index in [2.05, 4.69) is 10.6 Å². The highest BCUT2D eigenvalue weighted by Gasteiger charge is 2.11. The second-order valence-electron chi connectivity index (χ2n) is 3.37. The summed E-state index contributed by atoms with van der Waals surface area (Å²) in [7, 11) is 0. The molecule has 1 aromatic carbocycles. The lowest BCUT2D eigenvalue weighted by Gasteiger charge is -2.15. The lowest BCUT2D eigenvalue weighted by atomic mass is 10.1. The lowest BCUT2D eigenvalue weighted by Crippen LogP contribution is -2.38. The van der Waals surface area contributed by atoms with Crippen LogP contribution in [0.25, 0.3) is 0 Å². The van der Waals surface area contributed by atoms with Crippen molar-refractivity contribution in [2.24, 2.45) is 0 Å². The Bertz CT molecular complexity index is 358. The molecule has 0 heterocycles. The van der Waals surface area contributed by atoms with Gasteiger partial charge in [-0.05, 0) is 18.6 Å². The van der Waals surface area contributed by atoms with E-state index in [-0.39, 0.29) is 25.2 Å². The van der Waals surface area contributed by atoms with E-state index < -0.39 is 0 Å². The van der Waals surface area contributed by atoms with Gasteiger partial charge in [0.1, 0.15) is 0 Å². The third-order valence-electron chi connectivity index (χ3n) is 2.12. The molecule has 0 aliphatic carbocycles. The van der Waals surface area contributed by atoms with Gasteiger partial charge < -0.3 is 15.7 Å². The zero-order valence-corrected chi connectivity index (χ0v) is 9.79. The molecule has 0 bridgehead atoms. The molecule has 0 aliphatic rings. The number of aliphatic hydroxyl groups excluding tert-OH is 1. The molecule has 0 aliphatic heterocycles. The molecule has 1 rings (SSSR count). The number of benzene rings is 1. The molecule has 0 saturated heterocycles. The Balaban J connectivity index is 2.55. The van der Waals surface area contributed by atoms with Crippen molar-refractivity contribution < 1.29 is 9.90 Å². The van der Waals surface area contributed by atoms with Crippen LogP contribution in [-0.2, 0) is 0 Å². The van der Waals surface area contributed by atoms with Gasteiger partial charge in [-0.3, -0.25) is 0 Å². The van der Waals surface area contributed by atoms with Crippen molar-refractivity contribution in [3.63, 3.8) is 0 Å². The molecule has 0 spiro atoms. The Morgan fingerprint density at radius 2 is 2.19 bits per heavy atom. The number of urea groups is 1. The lowest BCUT2D eigenvalue weighted by molar-refractivity contribution is 0.231. The van der Waals surface area contributed by atoms with Gasteiger partial charge in [0.05, 0.1) is 12.6 Å².